The molecule has 1 atom stereocenters. The fourth-order valence-electron chi connectivity index (χ4n) is 4.43. The van der Waals surface area contributed by atoms with Crippen molar-refractivity contribution in [3.63, 3.8) is 0 Å². The van der Waals surface area contributed by atoms with Gasteiger partial charge in [0.1, 0.15) is 0 Å². The van der Waals surface area contributed by atoms with Gasteiger partial charge in [0.25, 0.3) is 5.56 Å². The Bertz CT molecular complexity index is 1560. The number of nitrogens with zero attached hydrogens (tertiary/aromatic N) is 2. The summed E-state index contributed by atoms with van der Waals surface area (Å²) in [5.41, 5.74) is 3.51. The van der Waals surface area contributed by atoms with E-state index in [9.17, 15) is 9.59 Å². The molecule has 0 radical (unpaired) electrons. The van der Waals surface area contributed by atoms with E-state index in [0.717, 1.165) is 11.1 Å². The van der Waals surface area contributed by atoms with Gasteiger partial charge in [0.2, 0.25) is 6.79 Å². The molecule has 7 nitrogen and oxygen atoms in total. The molecular weight excluding hydrogens is 476 g/mol. The molecule has 0 spiro atoms. The normalized spacial score (nSPS) is 17.1. The van der Waals surface area contributed by atoms with Crippen LogP contribution in [0.3, 0.4) is 0 Å². The molecule has 0 N–H and O–H groups in total. The number of hydrogen-bond acceptors (Lipinski definition) is 7. The third-order valence-corrected chi connectivity index (χ3v) is 7.29. The highest BCUT2D eigenvalue weighted by Crippen LogP contribution is 2.34. The van der Waals surface area contributed by atoms with Crippen LogP contribution in [0.25, 0.3) is 6.08 Å². The van der Waals surface area contributed by atoms with Crippen molar-refractivity contribution in [2.45, 2.75) is 46.1 Å². The lowest BCUT2D eigenvalue weighted by Gasteiger charge is -2.26. The molecule has 0 amide bonds. The molecule has 0 saturated carbocycles. The van der Waals surface area contributed by atoms with Crippen LogP contribution in [0.4, 0.5) is 0 Å². The van der Waals surface area contributed by atoms with Crippen molar-refractivity contribution in [2.75, 3.05) is 13.4 Å². The Balaban J connectivity index is 1.67. The largest absolute Gasteiger partial charge is 0.463 e. The summed E-state index contributed by atoms with van der Waals surface area (Å²) in [4.78, 5) is 32.0. The Hall–Kier alpha value is -3.65. The molecule has 1 aromatic heterocycles. The predicted octanol–water partition coefficient (Wildman–Crippen LogP) is 3.82. The first-order chi connectivity index (χ1) is 17.2. The molecule has 2 aromatic carbocycles. The number of rotatable bonds is 4. The Labute approximate surface area is 213 Å². The van der Waals surface area contributed by atoms with Crippen LogP contribution in [0, 0.1) is 0 Å². The number of hydrogen-bond donors (Lipinski definition) is 0. The lowest BCUT2D eigenvalue weighted by atomic mass is 9.85. The van der Waals surface area contributed by atoms with Crippen LogP contribution >= 0.6 is 11.3 Å². The van der Waals surface area contributed by atoms with E-state index < -0.39 is 12.0 Å². The Morgan fingerprint density at radius 3 is 2.58 bits per heavy atom. The van der Waals surface area contributed by atoms with Gasteiger partial charge in [0, 0.05) is 0 Å². The van der Waals surface area contributed by atoms with Crippen molar-refractivity contribution in [2.24, 2.45) is 4.99 Å². The summed E-state index contributed by atoms with van der Waals surface area (Å²) >= 11 is 1.30. The number of esters is 1. The highest BCUT2D eigenvalue weighted by molar-refractivity contribution is 7.07. The topological polar surface area (TPSA) is 79.1 Å². The van der Waals surface area contributed by atoms with E-state index in [1.165, 1.54) is 16.9 Å². The zero-order valence-electron chi connectivity index (χ0n) is 21.0. The fourth-order valence-corrected chi connectivity index (χ4v) is 5.47. The highest BCUT2D eigenvalue weighted by Gasteiger charge is 2.33. The maximum atomic E-state index is 13.7. The first kappa shape index (κ1) is 24.1. The summed E-state index contributed by atoms with van der Waals surface area (Å²) in [5.74, 6) is 0.865. The molecule has 3 heterocycles. The zero-order valence-corrected chi connectivity index (χ0v) is 21.8. The van der Waals surface area contributed by atoms with Gasteiger partial charge in [-0.25, -0.2) is 9.79 Å². The average Bonchev–Trinajstić information content (AvgIpc) is 3.42. The second-order valence-corrected chi connectivity index (χ2v) is 10.8. The summed E-state index contributed by atoms with van der Waals surface area (Å²) in [5, 5.41) is 0. The van der Waals surface area contributed by atoms with Gasteiger partial charge in [-0.2, -0.15) is 0 Å². The number of ether oxygens (including phenoxy) is 3. The molecule has 3 aromatic rings. The van der Waals surface area contributed by atoms with Gasteiger partial charge in [-0.15, -0.1) is 0 Å². The fraction of sp³-hybridized carbons (Fsp3) is 0.321. The summed E-state index contributed by atoms with van der Waals surface area (Å²) in [6.45, 7) is 10.4. The minimum Gasteiger partial charge on any atom is -0.463 e. The highest BCUT2D eigenvalue weighted by atomic mass is 32.1. The van der Waals surface area contributed by atoms with E-state index >= 15 is 0 Å². The molecule has 8 heteroatoms. The Morgan fingerprint density at radius 1 is 1.17 bits per heavy atom. The van der Waals surface area contributed by atoms with Gasteiger partial charge >= 0.3 is 5.97 Å². The minimum absolute atomic E-state index is 0.0206. The van der Waals surface area contributed by atoms with E-state index in [4.69, 9.17) is 14.2 Å². The maximum absolute atomic E-state index is 13.7. The van der Waals surface area contributed by atoms with E-state index in [0.29, 0.717) is 32.1 Å². The number of carbonyl (C=O) groups is 1. The van der Waals surface area contributed by atoms with Crippen molar-refractivity contribution in [3.05, 3.63) is 90.1 Å². The first-order valence-electron chi connectivity index (χ1n) is 11.9. The van der Waals surface area contributed by atoms with Gasteiger partial charge in [-0.05, 0) is 54.2 Å². The predicted molar refractivity (Wildman–Crippen MR) is 138 cm³/mol. The molecule has 0 bridgehead atoms. The zero-order chi connectivity index (χ0) is 25.6. The van der Waals surface area contributed by atoms with Crippen molar-refractivity contribution < 1.29 is 19.0 Å². The smallest absolute Gasteiger partial charge is 0.338 e. The van der Waals surface area contributed by atoms with E-state index in [2.05, 4.69) is 37.9 Å². The van der Waals surface area contributed by atoms with E-state index in [1.807, 2.05) is 36.4 Å². The standard InChI is InChI=1S/C28H28N2O5S/c1-6-33-26(32)23-16(2)29-27-30(24(23)18-8-10-19(11-9-18)28(3,4)5)25(31)22(36-27)14-17-7-12-20-21(13-17)35-15-34-20/h7-14,24H,6,15H2,1-5H3. The molecule has 36 heavy (non-hydrogen) atoms. The SMILES string of the molecule is CCOC(=O)C1=C(C)N=c2sc(=Cc3ccc4c(c3)OCO4)c(=O)n2C1c1ccc(C(C)(C)C)cc1. The van der Waals surface area contributed by atoms with Gasteiger partial charge in [0.05, 0.1) is 28.5 Å². The van der Waals surface area contributed by atoms with Crippen LogP contribution in [0.15, 0.2) is 63.5 Å². The second-order valence-electron chi connectivity index (χ2n) is 9.79. The van der Waals surface area contributed by atoms with Crippen LogP contribution in [0.5, 0.6) is 11.5 Å². The molecule has 5 rings (SSSR count). The number of fused-ring (bicyclic) bond motifs is 2. The number of carbonyl (C=O) groups excluding carboxylic acids is 1. The Morgan fingerprint density at radius 2 is 1.89 bits per heavy atom. The molecule has 0 saturated heterocycles. The summed E-state index contributed by atoms with van der Waals surface area (Å²) in [7, 11) is 0. The molecule has 2 aliphatic rings. The van der Waals surface area contributed by atoms with Crippen molar-refractivity contribution in [1.29, 1.82) is 0 Å². The number of aromatic nitrogens is 1. The molecule has 0 aliphatic carbocycles. The Kier molecular flexibility index (Phi) is 6.08. The first-order valence-corrected chi connectivity index (χ1v) is 12.7. The lowest BCUT2D eigenvalue weighted by Crippen LogP contribution is -2.40. The van der Waals surface area contributed by atoms with Crippen LogP contribution in [0.1, 0.15) is 57.4 Å². The summed E-state index contributed by atoms with van der Waals surface area (Å²) < 4.78 is 18.4. The number of benzene rings is 2. The van der Waals surface area contributed by atoms with Gasteiger partial charge < -0.3 is 14.2 Å². The lowest BCUT2D eigenvalue weighted by molar-refractivity contribution is -0.139. The van der Waals surface area contributed by atoms with Crippen molar-refractivity contribution in [3.8, 4) is 11.5 Å². The van der Waals surface area contributed by atoms with E-state index in [-0.39, 0.29) is 24.4 Å². The van der Waals surface area contributed by atoms with Crippen LogP contribution < -0.4 is 24.4 Å². The third kappa shape index (κ3) is 4.26. The van der Waals surface area contributed by atoms with Crippen molar-refractivity contribution >= 4 is 23.4 Å². The van der Waals surface area contributed by atoms with Gasteiger partial charge in [-0.3, -0.25) is 9.36 Å². The van der Waals surface area contributed by atoms with Gasteiger partial charge in [-0.1, -0.05) is 62.4 Å². The molecule has 0 fully saturated rings. The molecular formula is C28H28N2O5S. The monoisotopic (exact) mass is 504 g/mol. The average molecular weight is 505 g/mol. The summed E-state index contributed by atoms with van der Waals surface area (Å²) in [6, 6.07) is 13.0. The van der Waals surface area contributed by atoms with Gasteiger partial charge in [0.15, 0.2) is 16.3 Å². The number of allylic oxidation sites excluding steroid dienone is 1. The van der Waals surface area contributed by atoms with Crippen LogP contribution in [-0.4, -0.2) is 23.9 Å². The van der Waals surface area contributed by atoms with E-state index in [1.54, 1.807) is 18.4 Å². The number of thiazole rings is 1. The minimum atomic E-state index is -0.631. The molecule has 1 unspecified atom stereocenters. The van der Waals surface area contributed by atoms with Crippen molar-refractivity contribution in [1.82, 2.24) is 4.57 Å². The van der Waals surface area contributed by atoms with Crippen LogP contribution in [-0.2, 0) is 14.9 Å². The maximum Gasteiger partial charge on any atom is 0.338 e. The summed E-state index contributed by atoms with van der Waals surface area (Å²) in [6.07, 6.45) is 1.81. The molecule has 186 valence electrons. The third-order valence-electron chi connectivity index (χ3n) is 6.30. The van der Waals surface area contributed by atoms with Crippen LogP contribution in [0.2, 0.25) is 0 Å². The second kappa shape index (κ2) is 9.09. The molecule has 2 aliphatic heterocycles. The quantitative estimate of drug-likeness (QED) is 0.505.